The van der Waals surface area contributed by atoms with Crippen molar-refractivity contribution in [3.8, 4) is 0 Å². The van der Waals surface area contributed by atoms with Gasteiger partial charge in [0.15, 0.2) is 0 Å². The molecule has 0 spiro atoms. The molecule has 48 valence electrons. The number of rotatable bonds is 0. The van der Waals surface area contributed by atoms with Crippen molar-refractivity contribution in [2.24, 2.45) is 11.7 Å². The quantitative estimate of drug-likeness (QED) is 0.517. The fraction of sp³-hybridized carbons (Fsp3) is 0.250. The molecule has 1 heteroatoms. The second-order valence-electron chi connectivity index (χ2n) is 2.23. The van der Waals surface area contributed by atoms with Gasteiger partial charge in [-0.05, 0) is 6.08 Å². The number of nitrogens with two attached hydrogens (primary N) is 1. The molecule has 0 aromatic carbocycles. The summed E-state index contributed by atoms with van der Waals surface area (Å²) >= 11 is 0. The standard InChI is InChI=1S/C8H11N/c1-7-5-3-2-4-6-8(7)9/h2-7H,9H2,1H3. The maximum absolute atomic E-state index is 5.64. The molecular formula is C8H11N. The highest BCUT2D eigenvalue weighted by molar-refractivity contribution is 5.23. The zero-order valence-electron chi connectivity index (χ0n) is 5.54. The van der Waals surface area contributed by atoms with Crippen molar-refractivity contribution in [1.82, 2.24) is 0 Å². The van der Waals surface area contributed by atoms with Gasteiger partial charge in [0.2, 0.25) is 0 Å². The van der Waals surface area contributed by atoms with Gasteiger partial charge in [-0.25, -0.2) is 0 Å². The average molecular weight is 121 g/mol. The summed E-state index contributed by atoms with van der Waals surface area (Å²) in [6.45, 7) is 2.08. The molecule has 1 unspecified atom stereocenters. The topological polar surface area (TPSA) is 26.0 Å². The monoisotopic (exact) mass is 121 g/mol. The van der Waals surface area contributed by atoms with Crippen LogP contribution in [-0.2, 0) is 0 Å². The Morgan fingerprint density at radius 1 is 1.33 bits per heavy atom. The SMILES string of the molecule is CC1C=CC=CC=C1N. The van der Waals surface area contributed by atoms with Gasteiger partial charge in [-0.1, -0.05) is 31.2 Å². The molecule has 0 saturated heterocycles. The highest BCUT2D eigenvalue weighted by Gasteiger charge is 1.98. The Kier molecular flexibility index (Phi) is 1.73. The molecule has 2 N–H and O–H groups in total. The van der Waals surface area contributed by atoms with Crippen molar-refractivity contribution in [2.75, 3.05) is 0 Å². The smallest absolute Gasteiger partial charge is 0.0148 e. The first-order valence-corrected chi connectivity index (χ1v) is 3.11. The predicted octanol–water partition coefficient (Wildman–Crippen LogP) is 1.59. The van der Waals surface area contributed by atoms with Crippen LogP contribution < -0.4 is 5.73 Å². The molecule has 0 fully saturated rings. The van der Waals surface area contributed by atoms with Crippen molar-refractivity contribution >= 4 is 0 Å². The van der Waals surface area contributed by atoms with E-state index in [9.17, 15) is 0 Å². The van der Waals surface area contributed by atoms with Crippen LogP contribution in [-0.4, -0.2) is 0 Å². The zero-order chi connectivity index (χ0) is 6.69. The summed E-state index contributed by atoms with van der Waals surface area (Å²) in [6.07, 6.45) is 9.96. The maximum Gasteiger partial charge on any atom is 0.0148 e. The molecule has 1 nitrogen and oxygen atoms in total. The Morgan fingerprint density at radius 2 is 2.11 bits per heavy atom. The van der Waals surface area contributed by atoms with Gasteiger partial charge < -0.3 is 5.73 Å². The van der Waals surface area contributed by atoms with Crippen LogP contribution in [0.15, 0.2) is 36.1 Å². The number of hydrogen-bond donors (Lipinski definition) is 1. The van der Waals surface area contributed by atoms with Gasteiger partial charge in [0.25, 0.3) is 0 Å². The summed E-state index contributed by atoms with van der Waals surface area (Å²) in [5, 5.41) is 0. The van der Waals surface area contributed by atoms with Crippen molar-refractivity contribution in [3.05, 3.63) is 36.1 Å². The molecule has 1 aliphatic rings. The van der Waals surface area contributed by atoms with E-state index >= 15 is 0 Å². The maximum atomic E-state index is 5.64. The molecule has 0 aromatic rings. The van der Waals surface area contributed by atoms with E-state index in [2.05, 4.69) is 13.0 Å². The van der Waals surface area contributed by atoms with Gasteiger partial charge in [0, 0.05) is 11.6 Å². The minimum absolute atomic E-state index is 0.389. The van der Waals surface area contributed by atoms with Crippen molar-refractivity contribution in [1.29, 1.82) is 0 Å². The molecule has 1 atom stereocenters. The van der Waals surface area contributed by atoms with E-state index in [1.54, 1.807) is 0 Å². The Bertz CT molecular complexity index is 175. The minimum atomic E-state index is 0.389. The average Bonchev–Trinajstić information content (AvgIpc) is 1.99. The van der Waals surface area contributed by atoms with Crippen LogP contribution in [0.5, 0.6) is 0 Å². The van der Waals surface area contributed by atoms with Gasteiger partial charge in [-0.2, -0.15) is 0 Å². The third-order valence-corrected chi connectivity index (χ3v) is 1.44. The van der Waals surface area contributed by atoms with Crippen LogP contribution in [0, 0.1) is 5.92 Å². The molecule has 1 aliphatic carbocycles. The number of hydrogen-bond acceptors (Lipinski definition) is 1. The highest BCUT2D eigenvalue weighted by Crippen LogP contribution is 2.08. The van der Waals surface area contributed by atoms with Gasteiger partial charge in [0.05, 0.1) is 0 Å². The summed E-state index contributed by atoms with van der Waals surface area (Å²) in [4.78, 5) is 0. The third-order valence-electron chi connectivity index (χ3n) is 1.44. The fourth-order valence-electron chi connectivity index (χ4n) is 0.725. The molecular weight excluding hydrogens is 110 g/mol. The summed E-state index contributed by atoms with van der Waals surface area (Å²) in [5.41, 5.74) is 6.57. The minimum Gasteiger partial charge on any atom is -0.402 e. The van der Waals surface area contributed by atoms with Crippen molar-refractivity contribution < 1.29 is 0 Å². The molecule has 0 aromatic heterocycles. The van der Waals surface area contributed by atoms with E-state index in [1.165, 1.54) is 0 Å². The summed E-state index contributed by atoms with van der Waals surface area (Å²) in [7, 11) is 0. The van der Waals surface area contributed by atoms with Gasteiger partial charge in [-0.3, -0.25) is 0 Å². The second-order valence-corrected chi connectivity index (χ2v) is 2.23. The van der Waals surface area contributed by atoms with E-state index in [0.717, 1.165) is 5.70 Å². The Balaban J connectivity index is 2.80. The van der Waals surface area contributed by atoms with Gasteiger partial charge in [0.1, 0.15) is 0 Å². The van der Waals surface area contributed by atoms with E-state index in [4.69, 9.17) is 5.73 Å². The molecule has 0 aliphatic heterocycles. The normalized spacial score (nSPS) is 25.4. The van der Waals surface area contributed by atoms with Crippen LogP contribution in [0.2, 0.25) is 0 Å². The number of allylic oxidation sites excluding steroid dienone is 5. The lowest BCUT2D eigenvalue weighted by Gasteiger charge is -2.02. The van der Waals surface area contributed by atoms with Gasteiger partial charge >= 0.3 is 0 Å². The Hall–Kier alpha value is -0.980. The van der Waals surface area contributed by atoms with Crippen LogP contribution in [0.3, 0.4) is 0 Å². The van der Waals surface area contributed by atoms with Crippen LogP contribution in [0.25, 0.3) is 0 Å². The lowest BCUT2D eigenvalue weighted by molar-refractivity contribution is 0.849. The van der Waals surface area contributed by atoms with E-state index in [0.29, 0.717) is 5.92 Å². The van der Waals surface area contributed by atoms with Gasteiger partial charge in [-0.15, -0.1) is 0 Å². The van der Waals surface area contributed by atoms with Crippen LogP contribution >= 0.6 is 0 Å². The summed E-state index contributed by atoms with van der Waals surface area (Å²) in [6, 6.07) is 0. The first kappa shape index (κ1) is 6.14. The zero-order valence-corrected chi connectivity index (χ0v) is 5.54. The lowest BCUT2D eigenvalue weighted by atomic mass is 10.1. The molecule has 1 rings (SSSR count). The second kappa shape index (κ2) is 2.53. The molecule has 0 amide bonds. The first-order valence-electron chi connectivity index (χ1n) is 3.11. The highest BCUT2D eigenvalue weighted by atomic mass is 14.6. The lowest BCUT2D eigenvalue weighted by Crippen LogP contribution is -2.04. The summed E-state index contributed by atoms with van der Waals surface area (Å²) in [5.74, 6) is 0.389. The van der Waals surface area contributed by atoms with Crippen molar-refractivity contribution in [3.63, 3.8) is 0 Å². The van der Waals surface area contributed by atoms with Crippen LogP contribution in [0.4, 0.5) is 0 Å². The molecule has 0 radical (unpaired) electrons. The molecule has 0 saturated carbocycles. The molecule has 0 heterocycles. The summed E-state index contributed by atoms with van der Waals surface area (Å²) < 4.78 is 0. The van der Waals surface area contributed by atoms with E-state index in [1.807, 2.05) is 24.3 Å². The molecule has 0 bridgehead atoms. The fourth-order valence-corrected chi connectivity index (χ4v) is 0.725. The first-order chi connectivity index (χ1) is 4.30. The van der Waals surface area contributed by atoms with Crippen molar-refractivity contribution in [2.45, 2.75) is 6.92 Å². The Morgan fingerprint density at radius 3 is 2.89 bits per heavy atom. The predicted molar refractivity (Wildman–Crippen MR) is 39.7 cm³/mol. The largest absolute Gasteiger partial charge is 0.402 e. The van der Waals surface area contributed by atoms with E-state index < -0.39 is 0 Å². The third kappa shape index (κ3) is 1.46. The molecule has 9 heavy (non-hydrogen) atoms. The Labute approximate surface area is 55.6 Å². The van der Waals surface area contributed by atoms with Crippen LogP contribution in [0.1, 0.15) is 6.92 Å². The van der Waals surface area contributed by atoms with E-state index in [-0.39, 0.29) is 0 Å².